The lowest BCUT2D eigenvalue weighted by Crippen LogP contribution is -2.29. The molecule has 1 aliphatic heterocycles. The van der Waals surface area contributed by atoms with E-state index in [1.165, 1.54) is 41.5 Å². The van der Waals surface area contributed by atoms with Gasteiger partial charge < -0.3 is 9.88 Å². The number of nitrogens with zero attached hydrogens (tertiary/aromatic N) is 2. The Morgan fingerprint density at radius 2 is 2.09 bits per heavy atom. The highest BCUT2D eigenvalue weighted by atomic mass is 15.1. The molecule has 23 heavy (non-hydrogen) atoms. The van der Waals surface area contributed by atoms with Gasteiger partial charge in [0.1, 0.15) is 5.65 Å². The molecule has 0 atom stereocenters. The summed E-state index contributed by atoms with van der Waals surface area (Å²) < 4.78 is 0. The molecule has 0 bridgehead atoms. The summed E-state index contributed by atoms with van der Waals surface area (Å²) in [7, 11) is 0. The van der Waals surface area contributed by atoms with Crippen LogP contribution in [0.15, 0.2) is 48.8 Å². The van der Waals surface area contributed by atoms with Gasteiger partial charge in [0.2, 0.25) is 0 Å². The number of pyridine rings is 1. The number of hydrogen-bond acceptors (Lipinski definition) is 2. The minimum absolute atomic E-state index is 0.942. The zero-order valence-corrected chi connectivity index (χ0v) is 14.1. The van der Waals surface area contributed by atoms with Gasteiger partial charge in [-0.05, 0) is 44.7 Å². The zero-order chi connectivity index (χ0) is 16.2. The van der Waals surface area contributed by atoms with Crippen molar-refractivity contribution in [1.82, 2.24) is 9.97 Å². The Bertz CT molecular complexity index is 758. The molecule has 3 rings (SSSR count). The second kappa shape index (κ2) is 6.86. The third-order valence-corrected chi connectivity index (χ3v) is 4.30. The van der Waals surface area contributed by atoms with Crippen molar-refractivity contribution in [2.24, 2.45) is 0 Å². The molecule has 0 unspecified atom stereocenters. The molecular weight excluding hydrogens is 282 g/mol. The predicted octanol–water partition coefficient (Wildman–Crippen LogP) is 5.09. The van der Waals surface area contributed by atoms with Crippen molar-refractivity contribution < 1.29 is 0 Å². The maximum Gasteiger partial charge on any atom is 0.138 e. The molecule has 0 amide bonds. The molecular formula is C20H25N3. The maximum atomic E-state index is 4.63. The van der Waals surface area contributed by atoms with Crippen LogP contribution in [0.25, 0.3) is 16.6 Å². The normalized spacial score (nSPS) is 16.4. The molecule has 1 aliphatic rings. The van der Waals surface area contributed by atoms with Crippen molar-refractivity contribution in [1.29, 1.82) is 0 Å². The molecule has 3 nitrogen and oxygen atoms in total. The van der Waals surface area contributed by atoms with E-state index in [1.807, 2.05) is 26.2 Å². The summed E-state index contributed by atoms with van der Waals surface area (Å²) in [5.41, 5.74) is 5.58. The topological polar surface area (TPSA) is 31.9 Å². The summed E-state index contributed by atoms with van der Waals surface area (Å²) in [5.74, 6) is 0. The van der Waals surface area contributed by atoms with Crippen LogP contribution in [-0.4, -0.2) is 23.1 Å². The summed E-state index contributed by atoms with van der Waals surface area (Å²) >= 11 is 0. The number of rotatable bonds is 4. The van der Waals surface area contributed by atoms with Crippen molar-refractivity contribution in [2.75, 3.05) is 18.0 Å². The summed E-state index contributed by atoms with van der Waals surface area (Å²) in [6, 6.07) is 2.27. The maximum absolute atomic E-state index is 4.63. The fraction of sp³-hybridized carbons (Fsp3) is 0.350. The molecule has 0 radical (unpaired) electrons. The van der Waals surface area contributed by atoms with E-state index >= 15 is 0 Å². The Morgan fingerprint density at radius 1 is 1.30 bits per heavy atom. The van der Waals surface area contributed by atoms with Crippen molar-refractivity contribution >= 4 is 22.3 Å². The number of piperidine rings is 1. The fourth-order valence-corrected chi connectivity index (χ4v) is 3.22. The lowest BCUT2D eigenvalue weighted by molar-refractivity contribution is 0.577. The highest BCUT2D eigenvalue weighted by molar-refractivity contribution is 5.95. The number of allylic oxidation sites excluding steroid dienone is 5. The quantitative estimate of drug-likeness (QED) is 0.798. The predicted molar refractivity (Wildman–Crippen MR) is 99.8 cm³/mol. The number of aromatic amines is 1. The molecule has 0 saturated carbocycles. The highest BCUT2D eigenvalue weighted by Crippen LogP contribution is 2.29. The Hall–Kier alpha value is -2.29. The van der Waals surface area contributed by atoms with E-state index in [2.05, 4.69) is 45.7 Å². The van der Waals surface area contributed by atoms with Gasteiger partial charge in [0, 0.05) is 30.2 Å². The van der Waals surface area contributed by atoms with Crippen molar-refractivity contribution in [2.45, 2.75) is 33.1 Å². The first-order valence-electron chi connectivity index (χ1n) is 8.41. The van der Waals surface area contributed by atoms with Crippen LogP contribution >= 0.6 is 0 Å². The summed E-state index contributed by atoms with van der Waals surface area (Å²) in [5, 5.41) is 1.18. The van der Waals surface area contributed by atoms with Crippen LogP contribution in [0, 0.1) is 0 Å². The van der Waals surface area contributed by atoms with E-state index in [0.717, 1.165) is 24.3 Å². The second-order valence-corrected chi connectivity index (χ2v) is 6.29. The van der Waals surface area contributed by atoms with Gasteiger partial charge in [-0.1, -0.05) is 30.4 Å². The third-order valence-electron chi connectivity index (χ3n) is 4.30. The number of fused-ring (bicyclic) bond motifs is 1. The van der Waals surface area contributed by atoms with Crippen LogP contribution in [-0.2, 0) is 0 Å². The molecule has 0 spiro atoms. The number of hydrogen-bond donors (Lipinski definition) is 1. The summed E-state index contributed by atoms with van der Waals surface area (Å²) in [6.07, 6.45) is 14.2. The smallest absolute Gasteiger partial charge is 0.138 e. The van der Waals surface area contributed by atoms with E-state index in [4.69, 9.17) is 0 Å². The average Bonchev–Trinajstić information content (AvgIpc) is 2.98. The Morgan fingerprint density at radius 3 is 2.78 bits per heavy atom. The molecule has 120 valence electrons. The molecule has 2 aromatic heterocycles. The Balaban J connectivity index is 2.05. The molecule has 1 saturated heterocycles. The monoisotopic (exact) mass is 307 g/mol. The minimum Gasteiger partial charge on any atom is -0.370 e. The van der Waals surface area contributed by atoms with E-state index in [9.17, 15) is 0 Å². The van der Waals surface area contributed by atoms with Gasteiger partial charge in [0.15, 0.2) is 0 Å². The van der Waals surface area contributed by atoms with Crippen molar-refractivity contribution in [3.05, 3.63) is 54.4 Å². The first-order valence-corrected chi connectivity index (χ1v) is 8.41. The standard InChI is InChI=1S/C20H25N3/c1-4-8-16(11-15(2)3)19-14-22-20-18(19)12-17(13-21-20)23-9-6-5-7-10-23/h4,8,11-14H,2,5-7,9-10H2,1,3H3,(H,21,22)/b8-4-,16-11+. The summed E-state index contributed by atoms with van der Waals surface area (Å²) in [4.78, 5) is 10.4. The minimum atomic E-state index is 0.942. The molecule has 2 aromatic rings. The molecule has 3 heteroatoms. The largest absolute Gasteiger partial charge is 0.370 e. The highest BCUT2D eigenvalue weighted by Gasteiger charge is 2.14. The average molecular weight is 307 g/mol. The first-order chi connectivity index (χ1) is 11.2. The molecule has 1 fully saturated rings. The number of anilines is 1. The van der Waals surface area contributed by atoms with Crippen molar-refractivity contribution in [3.8, 4) is 0 Å². The van der Waals surface area contributed by atoms with Crippen LogP contribution < -0.4 is 4.90 Å². The lowest BCUT2D eigenvalue weighted by atomic mass is 10.0. The lowest BCUT2D eigenvalue weighted by Gasteiger charge is -2.28. The molecule has 1 N–H and O–H groups in total. The van der Waals surface area contributed by atoms with Crippen LogP contribution in [0.1, 0.15) is 38.7 Å². The van der Waals surface area contributed by atoms with Crippen LogP contribution in [0.2, 0.25) is 0 Å². The van der Waals surface area contributed by atoms with E-state index in [-0.39, 0.29) is 0 Å². The van der Waals surface area contributed by atoms with E-state index in [1.54, 1.807) is 0 Å². The van der Waals surface area contributed by atoms with E-state index in [0.29, 0.717) is 0 Å². The van der Waals surface area contributed by atoms with Gasteiger partial charge in [0.25, 0.3) is 0 Å². The number of H-pyrrole nitrogens is 1. The molecule has 0 aromatic carbocycles. The number of nitrogens with one attached hydrogen (secondary N) is 1. The summed E-state index contributed by atoms with van der Waals surface area (Å²) in [6.45, 7) is 10.3. The van der Waals surface area contributed by atoms with Gasteiger partial charge >= 0.3 is 0 Å². The van der Waals surface area contributed by atoms with Crippen LogP contribution in [0.3, 0.4) is 0 Å². The van der Waals surface area contributed by atoms with Gasteiger partial charge in [-0.15, -0.1) is 0 Å². The van der Waals surface area contributed by atoms with Gasteiger partial charge in [-0.25, -0.2) is 4.98 Å². The van der Waals surface area contributed by atoms with Crippen molar-refractivity contribution in [3.63, 3.8) is 0 Å². The first kappa shape index (κ1) is 15.6. The van der Waals surface area contributed by atoms with E-state index < -0.39 is 0 Å². The van der Waals surface area contributed by atoms with Crippen LogP contribution in [0.4, 0.5) is 5.69 Å². The molecule has 3 heterocycles. The van der Waals surface area contributed by atoms with Gasteiger partial charge in [-0.3, -0.25) is 0 Å². The third kappa shape index (κ3) is 3.39. The Kier molecular flexibility index (Phi) is 4.65. The SMILES string of the molecule is C=C(C)/C=C(\C=C/C)c1c[nH]c2ncc(N3CCCCC3)cc12. The second-order valence-electron chi connectivity index (χ2n) is 6.29. The fourth-order valence-electron chi connectivity index (χ4n) is 3.22. The Labute approximate surface area is 138 Å². The van der Waals surface area contributed by atoms with Gasteiger partial charge in [0.05, 0.1) is 11.9 Å². The number of aromatic nitrogens is 2. The van der Waals surface area contributed by atoms with Gasteiger partial charge in [-0.2, -0.15) is 0 Å². The van der Waals surface area contributed by atoms with Crippen LogP contribution in [0.5, 0.6) is 0 Å². The molecule has 0 aliphatic carbocycles. The zero-order valence-electron chi connectivity index (χ0n) is 14.1.